The van der Waals surface area contributed by atoms with Crippen molar-refractivity contribution >= 4 is 27.5 Å². The fraction of sp³-hybridized carbons (Fsp3) is 0.111. The molecule has 1 heteroatoms. The van der Waals surface area contributed by atoms with Gasteiger partial charge < -0.3 is 0 Å². The van der Waals surface area contributed by atoms with Crippen LogP contribution < -0.4 is 0 Å². The van der Waals surface area contributed by atoms with Crippen molar-refractivity contribution in [2.45, 2.75) is 12.8 Å². The molecule has 0 nitrogen and oxygen atoms in total. The van der Waals surface area contributed by atoms with E-state index in [4.69, 9.17) is 0 Å². The van der Waals surface area contributed by atoms with Crippen molar-refractivity contribution in [2.75, 3.05) is 0 Å². The van der Waals surface area contributed by atoms with Gasteiger partial charge in [-0.05, 0) is 41.7 Å². The lowest BCUT2D eigenvalue weighted by Gasteiger charge is -2.09. The molecule has 0 saturated carbocycles. The van der Waals surface area contributed by atoms with Gasteiger partial charge in [0.2, 0.25) is 0 Å². The molecule has 92 valence electrons. The van der Waals surface area contributed by atoms with E-state index in [1.165, 1.54) is 38.9 Å². The van der Waals surface area contributed by atoms with Gasteiger partial charge in [0.05, 0.1) is 0 Å². The van der Waals surface area contributed by atoms with Crippen LogP contribution in [0, 0.1) is 0 Å². The Morgan fingerprint density at radius 2 is 1.79 bits per heavy atom. The highest BCUT2D eigenvalue weighted by Gasteiger charge is 2.15. The summed E-state index contributed by atoms with van der Waals surface area (Å²) >= 11 is 1.92. The van der Waals surface area contributed by atoms with Crippen LogP contribution in [0.3, 0.4) is 0 Å². The Bertz CT molecular complexity index is 763. The SMILES string of the molecule is C1=Cc2sc3cccc(-c4ccccc4)c3c2CC1. The van der Waals surface area contributed by atoms with Crippen LogP contribution in [0.25, 0.3) is 27.3 Å². The van der Waals surface area contributed by atoms with Crippen molar-refractivity contribution < 1.29 is 0 Å². The summed E-state index contributed by atoms with van der Waals surface area (Å²) in [7, 11) is 0. The lowest BCUT2D eigenvalue weighted by Crippen LogP contribution is -1.90. The Morgan fingerprint density at radius 1 is 0.895 bits per heavy atom. The van der Waals surface area contributed by atoms with Crippen molar-refractivity contribution in [2.24, 2.45) is 0 Å². The van der Waals surface area contributed by atoms with Crippen molar-refractivity contribution in [3.63, 3.8) is 0 Å². The van der Waals surface area contributed by atoms with Crippen LogP contribution in [-0.4, -0.2) is 0 Å². The van der Waals surface area contributed by atoms with Gasteiger partial charge in [-0.1, -0.05) is 48.5 Å². The fourth-order valence-electron chi connectivity index (χ4n) is 2.89. The third kappa shape index (κ3) is 1.73. The van der Waals surface area contributed by atoms with E-state index in [9.17, 15) is 0 Å². The Labute approximate surface area is 117 Å². The number of allylic oxidation sites excluding steroid dienone is 1. The van der Waals surface area contributed by atoms with E-state index in [0.717, 1.165) is 0 Å². The Morgan fingerprint density at radius 3 is 2.68 bits per heavy atom. The lowest BCUT2D eigenvalue weighted by atomic mass is 9.94. The van der Waals surface area contributed by atoms with Crippen LogP contribution in [0.4, 0.5) is 0 Å². The standard InChI is InChI=1S/C18H14S/c1-2-7-13(8-3-1)14-10-6-12-17-18(14)15-9-4-5-11-16(15)19-17/h1-3,5-8,10-12H,4,9H2. The maximum atomic E-state index is 2.29. The minimum atomic E-state index is 1.17. The maximum Gasteiger partial charge on any atom is 0.0358 e. The minimum absolute atomic E-state index is 1.17. The van der Waals surface area contributed by atoms with Gasteiger partial charge >= 0.3 is 0 Å². The summed E-state index contributed by atoms with van der Waals surface area (Å²) in [6.07, 6.45) is 6.93. The van der Waals surface area contributed by atoms with Gasteiger partial charge in [-0.25, -0.2) is 0 Å². The second-order valence-corrected chi connectivity index (χ2v) is 6.01. The van der Waals surface area contributed by atoms with E-state index in [-0.39, 0.29) is 0 Å². The number of hydrogen-bond donors (Lipinski definition) is 0. The molecule has 0 saturated heterocycles. The zero-order valence-corrected chi connectivity index (χ0v) is 11.4. The fourth-order valence-corrected chi connectivity index (χ4v) is 4.10. The van der Waals surface area contributed by atoms with E-state index in [0.29, 0.717) is 0 Å². The Kier molecular flexibility index (Phi) is 2.52. The molecule has 1 aliphatic carbocycles. The summed E-state index contributed by atoms with van der Waals surface area (Å²) < 4.78 is 1.41. The number of benzene rings is 2. The number of hydrogen-bond acceptors (Lipinski definition) is 1. The molecule has 1 aliphatic rings. The van der Waals surface area contributed by atoms with Crippen LogP contribution in [0.2, 0.25) is 0 Å². The quantitative estimate of drug-likeness (QED) is 0.541. The average Bonchev–Trinajstić information content (AvgIpc) is 2.86. The number of fused-ring (bicyclic) bond motifs is 3. The zero-order chi connectivity index (χ0) is 12.7. The van der Waals surface area contributed by atoms with Gasteiger partial charge in [0.15, 0.2) is 0 Å². The van der Waals surface area contributed by atoms with Crippen LogP contribution in [0.15, 0.2) is 54.6 Å². The molecule has 0 N–H and O–H groups in total. The summed E-state index contributed by atoms with van der Waals surface area (Å²) in [5.41, 5.74) is 4.25. The van der Waals surface area contributed by atoms with Crippen LogP contribution >= 0.6 is 11.3 Å². The molecule has 1 aromatic heterocycles. The first-order chi connectivity index (χ1) is 9.43. The molecule has 3 aromatic rings. The molecule has 0 spiro atoms. The topological polar surface area (TPSA) is 0 Å². The third-order valence-electron chi connectivity index (χ3n) is 3.76. The van der Waals surface area contributed by atoms with Gasteiger partial charge in [0, 0.05) is 15.0 Å². The number of rotatable bonds is 1. The third-order valence-corrected chi connectivity index (χ3v) is 4.92. The van der Waals surface area contributed by atoms with E-state index >= 15 is 0 Å². The molecular weight excluding hydrogens is 248 g/mol. The molecule has 0 bridgehead atoms. The number of thiophene rings is 1. The molecule has 19 heavy (non-hydrogen) atoms. The van der Waals surface area contributed by atoms with E-state index in [2.05, 4.69) is 60.7 Å². The first-order valence-corrected chi connectivity index (χ1v) is 7.51. The normalized spacial score (nSPS) is 13.7. The summed E-state index contributed by atoms with van der Waals surface area (Å²) in [4.78, 5) is 1.45. The molecule has 0 amide bonds. The second kappa shape index (κ2) is 4.36. The van der Waals surface area contributed by atoms with Crippen LogP contribution in [0.1, 0.15) is 16.9 Å². The molecule has 0 radical (unpaired) electrons. The molecule has 0 atom stereocenters. The smallest absolute Gasteiger partial charge is 0.0358 e. The predicted molar refractivity (Wildman–Crippen MR) is 84.6 cm³/mol. The van der Waals surface area contributed by atoms with Gasteiger partial charge in [0.1, 0.15) is 0 Å². The Balaban J connectivity index is 2.07. The molecule has 0 fully saturated rings. The van der Waals surface area contributed by atoms with E-state index in [1.54, 1.807) is 5.56 Å². The monoisotopic (exact) mass is 262 g/mol. The molecule has 4 rings (SSSR count). The predicted octanol–water partition coefficient (Wildman–Crippen LogP) is 5.53. The average molecular weight is 262 g/mol. The largest absolute Gasteiger partial charge is 0.136 e. The van der Waals surface area contributed by atoms with Crippen molar-refractivity contribution in [3.05, 3.63) is 65.0 Å². The molecule has 0 unspecified atom stereocenters. The molecule has 2 aromatic carbocycles. The Hall–Kier alpha value is -1.86. The highest BCUT2D eigenvalue weighted by molar-refractivity contribution is 7.20. The summed E-state index contributed by atoms with van der Waals surface area (Å²) in [5.74, 6) is 0. The summed E-state index contributed by atoms with van der Waals surface area (Å²) in [5, 5.41) is 1.47. The molecule has 1 heterocycles. The highest BCUT2D eigenvalue weighted by Crippen LogP contribution is 2.40. The number of aryl methyl sites for hydroxylation is 1. The van der Waals surface area contributed by atoms with Crippen molar-refractivity contribution in [3.8, 4) is 11.1 Å². The van der Waals surface area contributed by atoms with Gasteiger partial charge in [-0.15, -0.1) is 11.3 Å². The maximum absolute atomic E-state index is 2.29. The van der Waals surface area contributed by atoms with E-state index < -0.39 is 0 Å². The first kappa shape index (κ1) is 11.0. The molecular formula is C18H14S. The zero-order valence-electron chi connectivity index (χ0n) is 10.6. The van der Waals surface area contributed by atoms with Crippen molar-refractivity contribution in [1.82, 2.24) is 0 Å². The summed E-state index contributed by atoms with van der Waals surface area (Å²) in [6.45, 7) is 0. The summed E-state index contributed by atoms with van der Waals surface area (Å²) in [6, 6.07) is 17.4. The lowest BCUT2D eigenvalue weighted by molar-refractivity contribution is 1.01. The second-order valence-electron chi connectivity index (χ2n) is 4.93. The highest BCUT2D eigenvalue weighted by atomic mass is 32.1. The molecule has 0 aliphatic heterocycles. The minimum Gasteiger partial charge on any atom is -0.136 e. The van der Waals surface area contributed by atoms with Gasteiger partial charge in [-0.3, -0.25) is 0 Å². The van der Waals surface area contributed by atoms with Crippen LogP contribution in [0.5, 0.6) is 0 Å². The van der Waals surface area contributed by atoms with Crippen molar-refractivity contribution in [1.29, 1.82) is 0 Å². The van der Waals surface area contributed by atoms with Crippen LogP contribution in [-0.2, 0) is 6.42 Å². The van der Waals surface area contributed by atoms with Gasteiger partial charge in [-0.2, -0.15) is 0 Å². The first-order valence-electron chi connectivity index (χ1n) is 6.70. The van der Waals surface area contributed by atoms with E-state index in [1.807, 2.05) is 11.3 Å². The van der Waals surface area contributed by atoms with Gasteiger partial charge in [0.25, 0.3) is 0 Å².